The van der Waals surface area contributed by atoms with Gasteiger partial charge < -0.3 is 15.2 Å². The van der Waals surface area contributed by atoms with Gasteiger partial charge in [0.1, 0.15) is 12.4 Å². The van der Waals surface area contributed by atoms with Crippen molar-refractivity contribution in [3.05, 3.63) is 65.2 Å². The second-order valence-corrected chi connectivity index (χ2v) is 5.54. The van der Waals surface area contributed by atoms with Gasteiger partial charge in [-0.3, -0.25) is 4.79 Å². The van der Waals surface area contributed by atoms with E-state index in [4.69, 9.17) is 9.84 Å². The zero-order valence-corrected chi connectivity index (χ0v) is 13.9. The van der Waals surface area contributed by atoms with Crippen molar-refractivity contribution >= 4 is 5.91 Å². The molecule has 0 aromatic heterocycles. The zero-order chi connectivity index (χ0) is 17.4. The van der Waals surface area contributed by atoms with Crippen LogP contribution in [-0.4, -0.2) is 23.7 Å². The van der Waals surface area contributed by atoms with Gasteiger partial charge >= 0.3 is 0 Å². The number of aliphatic hydroxyl groups excluding tert-OH is 1. The second kappa shape index (κ2) is 8.76. The molecule has 0 radical (unpaired) electrons. The molecule has 0 aliphatic carbocycles. The summed E-state index contributed by atoms with van der Waals surface area (Å²) in [7, 11) is 0. The SMILES string of the molecule is CC(C)Oc1cccc(CNC(=O)c2cccc(C#CCO)c2)c1. The summed E-state index contributed by atoms with van der Waals surface area (Å²) in [6, 6.07) is 14.7. The fraction of sp³-hybridized carbons (Fsp3) is 0.250. The molecule has 0 fully saturated rings. The van der Waals surface area contributed by atoms with E-state index >= 15 is 0 Å². The lowest BCUT2D eigenvalue weighted by Crippen LogP contribution is -2.22. The van der Waals surface area contributed by atoms with Crippen molar-refractivity contribution in [3.63, 3.8) is 0 Å². The summed E-state index contributed by atoms with van der Waals surface area (Å²) < 4.78 is 5.65. The first-order chi connectivity index (χ1) is 11.6. The fourth-order valence-corrected chi connectivity index (χ4v) is 2.17. The molecule has 0 aliphatic heterocycles. The Kier molecular flexibility index (Phi) is 6.41. The average molecular weight is 323 g/mol. The smallest absolute Gasteiger partial charge is 0.251 e. The van der Waals surface area contributed by atoms with Gasteiger partial charge in [0.25, 0.3) is 5.91 Å². The lowest BCUT2D eigenvalue weighted by atomic mass is 10.1. The minimum Gasteiger partial charge on any atom is -0.491 e. The Labute approximate surface area is 142 Å². The van der Waals surface area contributed by atoms with E-state index in [1.807, 2.05) is 38.1 Å². The molecule has 124 valence electrons. The number of nitrogens with one attached hydrogen (secondary N) is 1. The Morgan fingerprint density at radius 1 is 1.21 bits per heavy atom. The summed E-state index contributed by atoms with van der Waals surface area (Å²) in [6.07, 6.45) is 0.109. The minimum atomic E-state index is -0.203. The van der Waals surface area contributed by atoms with Crippen molar-refractivity contribution in [2.24, 2.45) is 0 Å². The molecule has 2 aromatic rings. The van der Waals surface area contributed by atoms with Crippen LogP contribution in [0.3, 0.4) is 0 Å². The number of rotatable bonds is 5. The third-order valence-electron chi connectivity index (χ3n) is 3.16. The highest BCUT2D eigenvalue weighted by atomic mass is 16.5. The molecule has 1 amide bonds. The maximum atomic E-state index is 12.3. The Morgan fingerprint density at radius 2 is 2.00 bits per heavy atom. The van der Waals surface area contributed by atoms with Crippen LogP contribution in [0.1, 0.15) is 35.3 Å². The summed E-state index contributed by atoms with van der Waals surface area (Å²) in [6.45, 7) is 4.16. The van der Waals surface area contributed by atoms with Crippen LogP contribution in [0.2, 0.25) is 0 Å². The first-order valence-electron chi connectivity index (χ1n) is 7.82. The number of amides is 1. The molecule has 0 saturated heterocycles. The van der Waals surface area contributed by atoms with Gasteiger partial charge in [0.2, 0.25) is 0 Å². The Balaban J connectivity index is 2.00. The van der Waals surface area contributed by atoms with Gasteiger partial charge in [-0.15, -0.1) is 0 Å². The molecule has 24 heavy (non-hydrogen) atoms. The Bertz CT molecular complexity index is 757. The lowest BCUT2D eigenvalue weighted by molar-refractivity contribution is 0.0950. The number of hydrogen-bond donors (Lipinski definition) is 2. The molecular weight excluding hydrogens is 302 g/mol. The van der Waals surface area contributed by atoms with Crippen molar-refractivity contribution in [2.45, 2.75) is 26.5 Å². The monoisotopic (exact) mass is 323 g/mol. The molecule has 0 atom stereocenters. The van der Waals surface area contributed by atoms with Crippen molar-refractivity contribution < 1.29 is 14.6 Å². The summed E-state index contributed by atoms with van der Waals surface area (Å²) in [5.74, 6) is 5.98. The Morgan fingerprint density at radius 3 is 2.75 bits per heavy atom. The van der Waals surface area contributed by atoms with E-state index in [9.17, 15) is 4.79 Å². The molecule has 0 unspecified atom stereocenters. The van der Waals surface area contributed by atoms with Gasteiger partial charge in [-0.1, -0.05) is 30.0 Å². The summed E-state index contributed by atoms with van der Waals surface area (Å²) >= 11 is 0. The molecule has 2 aromatic carbocycles. The number of benzene rings is 2. The van der Waals surface area contributed by atoms with E-state index in [-0.39, 0.29) is 18.6 Å². The minimum absolute atomic E-state index is 0.109. The van der Waals surface area contributed by atoms with Crippen LogP contribution in [0, 0.1) is 11.8 Å². The number of aliphatic hydroxyl groups is 1. The first-order valence-corrected chi connectivity index (χ1v) is 7.82. The predicted molar refractivity (Wildman–Crippen MR) is 93.8 cm³/mol. The van der Waals surface area contributed by atoms with Crippen LogP contribution in [0.4, 0.5) is 0 Å². The van der Waals surface area contributed by atoms with Gasteiger partial charge in [0, 0.05) is 17.7 Å². The molecule has 2 rings (SSSR count). The highest BCUT2D eigenvalue weighted by Crippen LogP contribution is 2.15. The van der Waals surface area contributed by atoms with Crippen LogP contribution >= 0.6 is 0 Å². The largest absolute Gasteiger partial charge is 0.491 e. The molecule has 0 aliphatic rings. The number of carbonyl (C=O) groups is 1. The fourth-order valence-electron chi connectivity index (χ4n) is 2.17. The van der Waals surface area contributed by atoms with Gasteiger partial charge in [0.15, 0.2) is 0 Å². The van der Waals surface area contributed by atoms with Crippen molar-refractivity contribution in [3.8, 4) is 17.6 Å². The molecule has 0 spiro atoms. The topological polar surface area (TPSA) is 58.6 Å². The highest BCUT2D eigenvalue weighted by molar-refractivity contribution is 5.94. The second-order valence-electron chi connectivity index (χ2n) is 5.54. The van der Waals surface area contributed by atoms with Crippen molar-refractivity contribution in [2.75, 3.05) is 6.61 Å². The van der Waals surface area contributed by atoms with E-state index in [1.54, 1.807) is 24.3 Å². The molecule has 2 N–H and O–H groups in total. The third-order valence-corrected chi connectivity index (χ3v) is 3.16. The predicted octanol–water partition coefficient (Wildman–Crippen LogP) is 2.75. The maximum absolute atomic E-state index is 12.3. The molecular formula is C20H21NO3. The van der Waals surface area contributed by atoms with E-state index in [0.29, 0.717) is 17.7 Å². The summed E-state index contributed by atoms with van der Waals surface area (Å²) in [5, 5.41) is 11.6. The highest BCUT2D eigenvalue weighted by Gasteiger charge is 2.06. The maximum Gasteiger partial charge on any atom is 0.251 e. The van der Waals surface area contributed by atoms with Gasteiger partial charge in [0.05, 0.1) is 6.10 Å². The van der Waals surface area contributed by atoms with Gasteiger partial charge in [-0.2, -0.15) is 0 Å². The van der Waals surface area contributed by atoms with Crippen LogP contribution in [0.25, 0.3) is 0 Å². The summed E-state index contributed by atoms with van der Waals surface area (Å²) in [4.78, 5) is 12.3. The summed E-state index contributed by atoms with van der Waals surface area (Å²) in [5.41, 5.74) is 2.20. The molecule has 0 saturated carbocycles. The standard InChI is InChI=1S/C20H21NO3/c1-15(2)24-19-10-4-7-17(13-19)14-21-20(23)18-9-3-6-16(12-18)8-5-11-22/h3-4,6-7,9-10,12-13,15,22H,11,14H2,1-2H3,(H,21,23). The van der Waals surface area contributed by atoms with E-state index in [1.165, 1.54) is 0 Å². The average Bonchev–Trinajstić information content (AvgIpc) is 2.58. The first kappa shape index (κ1) is 17.6. The van der Waals surface area contributed by atoms with Crippen LogP contribution in [0.15, 0.2) is 48.5 Å². The van der Waals surface area contributed by atoms with Crippen molar-refractivity contribution in [1.29, 1.82) is 0 Å². The number of hydrogen-bond acceptors (Lipinski definition) is 3. The van der Waals surface area contributed by atoms with Gasteiger partial charge in [-0.05, 0) is 49.7 Å². The third kappa shape index (κ3) is 5.45. The van der Waals surface area contributed by atoms with Crippen molar-refractivity contribution in [1.82, 2.24) is 5.32 Å². The lowest BCUT2D eigenvalue weighted by Gasteiger charge is -2.11. The van der Waals surface area contributed by atoms with E-state index in [2.05, 4.69) is 17.2 Å². The number of ether oxygens (including phenoxy) is 1. The molecule has 4 heteroatoms. The Hall–Kier alpha value is -2.77. The zero-order valence-electron chi connectivity index (χ0n) is 13.9. The molecule has 4 nitrogen and oxygen atoms in total. The molecule has 0 heterocycles. The van der Waals surface area contributed by atoms with Crippen LogP contribution < -0.4 is 10.1 Å². The van der Waals surface area contributed by atoms with E-state index < -0.39 is 0 Å². The van der Waals surface area contributed by atoms with Crippen LogP contribution in [0.5, 0.6) is 5.75 Å². The quantitative estimate of drug-likeness (QED) is 0.832. The van der Waals surface area contributed by atoms with Crippen LogP contribution in [-0.2, 0) is 6.54 Å². The number of carbonyl (C=O) groups excluding carboxylic acids is 1. The molecule has 0 bridgehead atoms. The normalized spacial score (nSPS) is 10.0. The van der Waals surface area contributed by atoms with Gasteiger partial charge in [-0.25, -0.2) is 0 Å². The van der Waals surface area contributed by atoms with E-state index in [0.717, 1.165) is 11.3 Å².